The molecule has 0 bridgehead atoms. The van der Waals surface area contributed by atoms with Crippen LogP contribution in [0, 0.1) is 0 Å². The van der Waals surface area contributed by atoms with Crippen molar-refractivity contribution >= 4 is 16.7 Å². The van der Waals surface area contributed by atoms with E-state index in [4.69, 9.17) is 9.47 Å². The van der Waals surface area contributed by atoms with E-state index in [0.717, 1.165) is 64.6 Å². The number of rotatable bonds is 4. The van der Waals surface area contributed by atoms with Crippen LogP contribution in [0.3, 0.4) is 0 Å². The standard InChI is InChI=1S/C24H22N4O2/c1-29-20-9-19(12-25-13-20)16-2-3-21-18(8-16)10-22(27-21)17-4-6-26-23(11-17)28-7-5-24(28)14-30-15-24/h2-4,6,8-13,27H,5,7,14-15H2,1H3. The summed E-state index contributed by atoms with van der Waals surface area (Å²) >= 11 is 0. The van der Waals surface area contributed by atoms with Gasteiger partial charge in [-0.1, -0.05) is 6.07 Å². The van der Waals surface area contributed by atoms with Crippen molar-refractivity contribution in [1.29, 1.82) is 0 Å². The van der Waals surface area contributed by atoms with E-state index < -0.39 is 0 Å². The molecule has 0 unspecified atom stereocenters. The molecule has 6 nitrogen and oxygen atoms in total. The zero-order valence-corrected chi connectivity index (χ0v) is 16.8. The molecule has 0 saturated carbocycles. The average Bonchev–Trinajstić information content (AvgIpc) is 3.16. The molecule has 0 amide bonds. The summed E-state index contributed by atoms with van der Waals surface area (Å²) in [4.78, 5) is 14.8. The van der Waals surface area contributed by atoms with Crippen molar-refractivity contribution in [3.63, 3.8) is 0 Å². The first-order chi connectivity index (χ1) is 14.7. The Bertz CT molecular complexity index is 1240. The highest BCUT2D eigenvalue weighted by molar-refractivity contribution is 5.90. The van der Waals surface area contributed by atoms with E-state index in [2.05, 4.69) is 56.3 Å². The third-order valence-corrected chi connectivity index (χ3v) is 6.35. The molecule has 1 N–H and O–H groups in total. The lowest BCUT2D eigenvalue weighted by Crippen LogP contribution is -2.71. The van der Waals surface area contributed by atoms with Crippen molar-refractivity contribution in [2.45, 2.75) is 12.0 Å². The van der Waals surface area contributed by atoms with Crippen molar-refractivity contribution in [3.05, 3.63) is 61.1 Å². The Balaban J connectivity index is 1.34. The van der Waals surface area contributed by atoms with E-state index in [1.54, 1.807) is 13.3 Å². The Morgan fingerprint density at radius 1 is 1.03 bits per heavy atom. The summed E-state index contributed by atoms with van der Waals surface area (Å²) in [6.07, 6.45) is 6.66. The lowest BCUT2D eigenvalue weighted by Gasteiger charge is -2.58. The van der Waals surface area contributed by atoms with E-state index in [0.29, 0.717) is 0 Å². The molecule has 4 aromatic rings. The first kappa shape index (κ1) is 17.5. The normalized spacial score (nSPS) is 17.0. The van der Waals surface area contributed by atoms with Gasteiger partial charge in [0.05, 0.1) is 32.1 Å². The lowest BCUT2D eigenvalue weighted by atomic mass is 9.82. The van der Waals surface area contributed by atoms with Gasteiger partial charge >= 0.3 is 0 Å². The van der Waals surface area contributed by atoms with Gasteiger partial charge in [-0.05, 0) is 48.4 Å². The predicted octanol–water partition coefficient (Wildman–Crippen LogP) is 4.28. The lowest BCUT2D eigenvalue weighted by molar-refractivity contribution is -0.0851. The van der Waals surface area contributed by atoms with Crippen LogP contribution in [0.5, 0.6) is 5.75 Å². The van der Waals surface area contributed by atoms with Gasteiger partial charge in [0.2, 0.25) is 0 Å². The second-order valence-corrected chi connectivity index (χ2v) is 8.12. The molecule has 0 aliphatic carbocycles. The highest BCUT2D eigenvalue weighted by Gasteiger charge is 2.51. The molecule has 1 aromatic carbocycles. The van der Waals surface area contributed by atoms with Crippen molar-refractivity contribution in [2.24, 2.45) is 0 Å². The highest BCUT2D eigenvalue weighted by Crippen LogP contribution is 2.41. The van der Waals surface area contributed by atoms with Crippen molar-refractivity contribution in [2.75, 3.05) is 31.8 Å². The number of nitrogens with one attached hydrogen (secondary N) is 1. The largest absolute Gasteiger partial charge is 0.495 e. The first-order valence-corrected chi connectivity index (χ1v) is 10.2. The minimum absolute atomic E-state index is 0.186. The average molecular weight is 398 g/mol. The van der Waals surface area contributed by atoms with Crippen LogP contribution in [0.2, 0.25) is 0 Å². The summed E-state index contributed by atoms with van der Waals surface area (Å²) in [7, 11) is 1.66. The molecule has 150 valence electrons. The number of pyridine rings is 2. The topological polar surface area (TPSA) is 63.3 Å². The van der Waals surface area contributed by atoms with Gasteiger partial charge in [0.1, 0.15) is 11.6 Å². The van der Waals surface area contributed by atoms with Gasteiger partial charge in [-0.15, -0.1) is 0 Å². The molecule has 3 aromatic heterocycles. The number of anilines is 1. The molecule has 0 radical (unpaired) electrons. The van der Waals surface area contributed by atoms with Crippen LogP contribution in [0.1, 0.15) is 6.42 Å². The Kier molecular flexibility index (Phi) is 3.83. The van der Waals surface area contributed by atoms with Crippen molar-refractivity contribution in [3.8, 4) is 28.1 Å². The predicted molar refractivity (Wildman–Crippen MR) is 117 cm³/mol. The number of aromatic nitrogens is 3. The molecule has 1 spiro atoms. The van der Waals surface area contributed by atoms with E-state index in [1.807, 2.05) is 18.5 Å². The minimum Gasteiger partial charge on any atom is -0.495 e. The molecule has 2 aliphatic heterocycles. The molecule has 30 heavy (non-hydrogen) atoms. The van der Waals surface area contributed by atoms with E-state index >= 15 is 0 Å². The molecule has 2 saturated heterocycles. The number of H-pyrrole nitrogens is 1. The van der Waals surface area contributed by atoms with Crippen LogP contribution < -0.4 is 9.64 Å². The molecule has 2 aliphatic rings. The van der Waals surface area contributed by atoms with Gasteiger partial charge in [-0.3, -0.25) is 4.98 Å². The number of nitrogens with zero attached hydrogens (tertiary/aromatic N) is 3. The number of hydrogen-bond donors (Lipinski definition) is 1. The highest BCUT2D eigenvalue weighted by atomic mass is 16.5. The minimum atomic E-state index is 0.186. The number of hydrogen-bond acceptors (Lipinski definition) is 5. The van der Waals surface area contributed by atoms with Gasteiger partial charge < -0.3 is 19.4 Å². The second kappa shape index (κ2) is 6.57. The van der Waals surface area contributed by atoms with E-state index in [-0.39, 0.29) is 5.54 Å². The second-order valence-electron chi connectivity index (χ2n) is 8.12. The quantitative estimate of drug-likeness (QED) is 0.556. The fourth-order valence-electron chi connectivity index (χ4n) is 4.42. The Morgan fingerprint density at radius 3 is 2.73 bits per heavy atom. The summed E-state index contributed by atoms with van der Waals surface area (Å²) in [6.45, 7) is 2.67. The van der Waals surface area contributed by atoms with Crippen LogP contribution in [0.25, 0.3) is 33.3 Å². The van der Waals surface area contributed by atoms with Crippen LogP contribution in [-0.2, 0) is 4.74 Å². The maximum absolute atomic E-state index is 5.46. The molecule has 0 atom stereocenters. The van der Waals surface area contributed by atoms with Crippen molar-refractivity contribution in [1.82, 2.24) is 15.0 Å². The van der Waals surface area contributed by atoms with Gasteiger partial charge in [0.15, 0.2) is 0 Å². The smallest absolute Gasteiger partial charge is 0.137 e. The third kappa shape index (κ3) is 2.68. The fraction of sp³-hybridized carbons (Fsp3) is 0.250. The number of ether oxygens (including phenoxy) is 2. The van der Waals surface area contributed by atoms with Gasteiger partial charge in [-0.2, -0.15) is 0 Å². The van der Waals surface area contributed by atoms with Crippen LogP contribution in [0.15, 0.2) is 61.1 Å². The number of fused-ring (bicyclic) bond motifs is 1. The zero-order chi connectivity index (χ0) is 20.1. The molecule has 6 rings (SSSR count). The monoisotopic (exact) mass is 398 g/mol. The molecule has 5 heterocycles. The molecule has 2 fully saturated rings. The summed E-state index contributed by atoms with van der Waals surface area (Å²) in [5, 5.41) is 1.16. The van der Waals surface area contributed by atoms with Gasteiger partial charge in [0, 0.05) is 46.7 Å². The van der Waals surface area contributed by atoms with Crippen molar-refractivity contribution < 1.29 is 9.47 Å². The maximum Gasteiger partial charge on any atom is 0.137 e. The third-order valence-electron chi connectivity index (χ3n) is 6.35. The molecular weight excluding hydrogens is 376 g/mol. The molecule has 6 heteroatoms. The SMILES string of the molecule is COc1cncc(-c2ccc3[nH]c(-c4ccnc(N5CCC56COC6)c4)cc3c2)c1. The Morgan fingerprint density at radius 2 is 1.97 bits per heavy atom. The van der Waals surface area contributed by atoms with Gasteiger partial charge in [0.25, 0.3) is 0 Å². The summed E-state index contributed by atoms with van der Waals surface area (Å²) in [5.74, 6) is 1.79. The van der Waals surface area contributed by atoms with Gasteiger partial charge in [-0.25, -0.2) is 4.98 Å². The summed E-state index contributed by atoms with van der Waals surface area (Å²) < 4.78 is 10.8. The Hall–Kier alpha value is -3.38. The van der Waals surface area contributed by atoms with Crippen LogP contribution in [-0.4, -0.2) is 47.4 Å². The van der Waals surface area contributed by atoms with Crippen LogP contribution in [0.4, 0.5) is 5.82 Å². The number of benzene rings is 1. The fourth-order valence-corrected chi connectivity index (χ4v) is 4.42. The Labute approximate surface area is 174 Å². The number of aromatic amines is 1. The van der Waals surface area contributed by atoms with Crippen LogP contribution >= 0.6 is 0 Å². The van der Waals surface area contributed by atoms with E-state index in [9.17, 15) is 0 Å². The molecular formula is C24H22N4O2. The van der Waals surface area contributed by atoms with E-state index in [1.165, 1.54) is 6.42 Å². The summed E-state index contributed by atoms with van der Waals surface area (Å²) in [6, 6.07) is 14.9. The maximum atomic E-state index is 5.46. The zero-order valence-electron chi connectivity index (χ0n) is 16.8. The summed E-state index contributed by atoms with van der Waals surface area (Å²) in [5.41, 5.74) is 5.68. The number of methoxy groups -OCH3 is 1. The first-order valence-electron chi connectivity index (χ1n) is 10.2.